The van der Waals surface area contributed by atoms with Gasteiger partial charge in [-0.3, -0.25) is 4.98 Å². The molecule has 2 heterocycles. The van der Waals surface area contributed by atoms with Gasteiger partial charge >= 0.3 is 6.18 Å². The first-order chi connectivity index (χ1) is 8.45. The summed E-state index contributed by atoms with van der Waals surface area (Å²) in [7, 11) is 0. The van der Waals surface area contributed by atoms with E-state index in [1.165, 1.54) is 18.6 Å². The van der Waals surface area contributed by atoms with E-state index in [0.29, 0.717) is 5.03 Å². The lowest BCUT2D eigenvalue weighted by Crippen LogP contribution is -2.09. The molecule has 0 aromatic carbocycles. The van der Waals surface area contributed by atoms with Crippen LogP contribution in [-0.4, -0.2) is 19.9 Å². The summed E-state index contributed by atoms with van der Waals surface area (Å²) in [4.78, 5) is 14.5. The Bertz CT molecular complexity index is 549. The van der Waals surface area contributed by atoms with Crippen molar-refractivity contribution in [2.75, 3.05) is 0 Å². The molecule has 18 heavy (non-hydrogen) atoms. The molecule has 0 radical (unpaired) electrons. The van der Waals surface area contributed by atoms with Gasteiger partial charge in [-0.05, 0) is 23.4 Å². The van der Waals surface area contributed by atoms with Crippen molar-refractivity contribution in [2.45, 2.75) is 16.2 Å². The molecule has 0 unspecified atom stereocenters. The molecule has 2 aromatic heterocycles. The third-order valence-corrected chi connectivity index (χ3v) is 2.72. The fourth-order valence-electron chi connectivity index (χ4n) is 1.04. The maximum atomic E-state index is 12.5. The molecule has 0 aliphatic rings. The summed E-state index contributed by atoms with van der Waals surface area (Å²) in [5.41, 5.74) is -1.09. The molecule has 0 N–H and O–H groups in total. The molecule has 94 valence electrons. The van der Waals surface area contributed by atoms with Crippen molar-refractivity contribution in [3.8, 4) is 0 Å². The van der Waals surface area contributed by atoms with E-state index >= 15 is 0 Å². The Labute approximate surface area is 109 Å². The minimum absolute atomic E-state index is 0.0582. The van der Waals surface area contributed by atoms with Crippen molar-refractivity contribution in [3.05, 3.63) is 35.6 Å². The summed E-state index contributed by atoms with van der Waals surface area (Å²) >= 11 is 6.37. The second-order valence-corrected chi connectivity index (χ2v) is 4.38. The number of aromatic nitrogens is 4. The van der Waals surface area contributed by atoms with Gasteiger partial charge < -0.3 is 0 Å². The molecule has 0 amide bonds. The highest BCUT2D eigenvalue weighted by atomic mass is 35.5. The second-order valence-electron chi connectivity index (χ2n) is 3.00. The van der Waals surface area contributed by atoms with E-state index in [9.17, 15) is 13.2 Å². The zero-order valence-corrected chi connectivity index (χ0v) is 10.1. The van der Waals surface area contributed by atoms with E-state index in [0.717, 1.165) is 17.8 Å². The lowest BCUT2D eigenvalue weighted by molar-refractivity contribution is -0.141. The average Bonchev–Trinajstić information content (AvgIpc) is 2.28. The van der Waals surface area contributed by atoms with E-state index in [-0.39, 0.29) is 5.03 Å². The molecule has 0 spiro atoms. The Morgan fingerprint density at radius 2 is 1.89 bits per heavy atom. The van der Waals surface area contributed by atoms with Crippen LogP contribution in [0.5, 0.6) is 0 Å². The van der Waals surface area contributed by atoms with E-state index in [4.69, 9.17) is 11.6 Å². The van der Waals surface area contributed by atoms with Crippen molar-refractivity contribution in [1.29, 1.82) is 0 Å². The van der Waals surface area contributed by atoms with Crippen LogP contribution < -0.4 is 0 Å². The fourth-order valence-corrected chi connectivity index (χ4v) is 2.02. The molecule has 9 heteroatoms. The minimum Gasteiger partial charge on any atom is -0.260 e. The van der Waals surface area contributed by atoms with Crippen LogP contribution in [0.4, 0.5) is 13.2 Å². The molecule has 0 aliphatic heterocycles. The standard InChI is InChI=1S/C9H4ClF3N4S/c10-8-16-5(9(11,12)13)3-6(17-8)18-7-4-14-1-2-15-7/h1-4H. The van der Waals surface area contributed by atoms with Gasteiger partial charge in [-0.1, -0.05) is 0 Å². The summed E-state index contributed by atoms with van der Waals surface area (Å²) in [5.74, 6) is 0. The Balaban J connectivity index is 2.32. The van der Waals surface area contributed by atoms with Crippen LogP contribution in [0.1, 0.15) is 5.69 Å². The van der Waals surface area contributed by atoms with Crippen LogP contribution in [0.3, 0.4) is 0 Å². The zero-order chi connectivity index (χ0) is 13.2. The average molecular weight is 293 g/mol. The molecule has 0 bridgehead atoms. The number of halogens is 4. The van der Waals surface area contributed by atoms with Crippen molar-refractivity contribution < 1.29 is 13.2 Å². The van der Waals surface area contributed by atoms with E-state index < -0.39 is 17.2 Å². The van der Waals surface area contributed by atoms with Gasteiger partial charge in [0.1, 0.15) is 10.1 Å². The Morgan fingerprint density at radius 1 is 1.11 bits per heavy atom. The van der Waals surface area contributed by atoms with Crippen LogP contribution in [-0.2, 0) is 6.18 Å². The summed E-state index contributed by atoms with van der Waals surface area (Å²) in [6, 6.07) is 0.811. The van der Waals surface area contributed by atoms with Gasteiger partial charge in [0.25, 0.3) is 0 Å². The topological polar surface area (TPSA) is 51.6 Å². The number of nitrogens with zero attached hydrogens (tertiary/aromatic N) is 4. The molecule has 0 saturated carbocycles. The van der Waals surface area contributed by atoms with Crippen LogP contribution >= 0.6 is 23.4 Å². The van der Waals surface area contributed by atoms with Crippen molar-refractivity contribution in [1.82, 2.24) is 19.9 Å². The van der Waals surface area contributed by atoms with Crippen molar-refractivity contribution >= 4 is 23.4 Å². The minimum atomic E-state index is -4.57. The van der Waals surface area contributed by atoms with Crippen LogP contribution in [0.2, 0.25) is 5.28 Å². The van der Waals surface area contributed by atoms with Gasteiger partial charge in [-0.25, -0.2) is 15.0 Å². The highest BCUT2D eigenvalue weighted by Crippen LogP contribution is 2.32. The SMILES string of the molecule is FC(F)(F)c1cc(Sc2cnccn2)nc(Cl)n1. The normalized spacial score (nSPS) is 11.6. The molecule has 0 fully saturated rings. The molecule has 0 saturated heterocycles. The Morgan fingerprint density at radius 3 is 2.50 bits per heavy atom. The maximum absolute atomic E-state index is 12.5. The molecule has 4 nitrogen and oxygen atoms in total. The summed E-state index contributed by atoms with van der Waals surface area (Å²) in [5, 5.41) is 0.0134. The molecule has 0 aliphatic carbocycles. The first-order valence-electron chi connectivity index (χ1n) is 4.51. The number of alkyl halides is 3. The smallest absolute Gasteiger partial charge is 0.260 e. The maximum Gasteiger partial charge on any atom is 0.433 e. The third-order valence-electron chi connectivity index (χ3n) is 1.71. The monoisotopic (exact) mass is 292 g/mol. The largest absolute Gasteiger partial charge is 0.433 e. The van der Waals surface area contributed by atoms with Gasteiger partial charge in [0.05, 0.1) is 6.20 Å². The van der Waals surface area contributed by atoms with Crippen molar-refractivity contribution in [3.63, 3.8) is 0 Å². The quantitative estimate of drug-likeness (QED) is 0.629. The predicted octanol–water partition coefficient (Wildman–Crippen LogP) is 3.09. The summed E-state index contributed by atoms with van der Waals surface area (Å²) in [6.45, 7) is 0. The van der Waals surface area contributed by atoms with Crippen LogP contribution in [0, 0.1) is 0 Å². The van der Waals surface area contributed by atoms with Crippen LogP contribution in [0.25, 0.3) is 0 Å². The highest BCUT2D eigenvalue weighted by Gasteiger charge is 2.33. The third kappa shape index (κ3) is 3.30. The second kappa shape index (κ2) is 5.07. The lowest BCUT2D eigenvalue weighted by atomic mass is 10.4. The number of hydrogen-bond donors (Lipinski definition) is 0. The highest BCUT2D eigenvalue weighted by molar-refractivity contribution is 7.99. The van der Waals surface area contributed by atoms with Gasteiger partial charge in [-0.15, -0.1) is 0 Å². The van der Waals surface area contributed by atoms with Gasteiger partial charge in [0, 0.05) is 18.5 Å². The Hall–Kier alpha value is -1.41. The fraction of sp³-hybridized carbons (Fsp3) is 0.111. The molecule has 2 rings (SSSR count). The van der Waals surface area contributed by atoms with Gasteiger partial charge in [0.2, 0.25) is 5.28 Å². The van der Waals surface area contributed by atoms with Gasteiger partial charge in [-0.2, -0.15) is 13.2 Å². The zero-order valence-electron chi connectivity index (χ0n) is 8.52. The molecule has 0 atom stereocenters. The molecule has 2 aromatic rings. The van der Waals surface area contributed by atoms with E-state index in [1.54, 1.807) is 0 Å². The Kier molecular flexibility index (Phi) is 3.67. The lowest BCUT2D eigenvalue weighted by Gasteiger charge is -2.07. The van der Waals surface area contributed by atoms with Gasteiger partial charge in [0.15, 0.2) is 5.69 Å². The van der Waals surface area contributed by atoms with Crippen molar-refractivity contribution in [2.24, 2.45) is 0 Å². The number of rotatable bonds is 2. The molecular weight excluding hydrogens is 289 g/mol. The summed E-state index contributed by atoms with van der Waals surface area (Å²) < 4.78 is 37.5. The first-order valence-corrected chi connectivity index (χ1v) is 5.70. The predicted molar refractivity (Wildman–Crippen MR) is 58.2 cm³/mol. The van der Waals surface area contributed by atoms with E-state index in [2.05, 4.69) is 19.9 Å². The first kappa shape index (κ1) is 13.0. The van der Waals surface area contributed by atoms with E-state index in [1.807, 2.05) is 0 Å². The molecular formula is C9H4ClF3N4S. The summed E-state index contributed by atoms with van der Waals surface area (Å²) in [6.07, 6.45) is -0.272. The van der Waals surface area contributed by atoms with Crippen LogP contribution in [0.15, 0.2) is 34.7 Å². The number of hydrogen-bond acceptors (Lipinski definition) is 5.